The third kappa shape index (κ3) is 5.21. The van der Waals surface area contributed by atoms with Gasteiger partial charge in [0.05, 0.1) is 5.69 Å². The molecule has 1 N–H and O–H groups in total. The largest absolute Gasteiger partial charge is 0.374 e. The molecule has 0 bridgehead atoms. The summed E-state index contributed by atoms with van der Waals surface area (Å²) in [5.74, 6) is 0.685. The van der Waals surface area contributed by atoms with E-state index >= 15 is 0 Å². The van der Waals surface area contributed by atoms with Crippen LogP contribution < -0.4 is 5.32 Å². The van der Waals surface area contributed by atoms with E-state index in [0.717, 1.165) is 37.4 Å². The molecule has 0 amide bonds. The Kier molecular flexibility index (Phi) is 7.57. The molecule has 1 atom stereocenters. The molecule has 3 nitrogen and oxygen atoms in total. The Morgan fingerprint density at radius 1 is 1.32 bits per heavy atom. The van der Waals surface area contributed by atoms with Gasteiger partial charge in [0.2, 0.25) is 0 Å². The van der Waals surface area contributed by atoms with Crippen molar-refractivity contribution in [2.45, 2.75) is 59.6 Å². The van der Waals surface area contributed by atoms with Gasteiger partial charge < -0.3 is 10.1 Å². The van der Waals surface area contributed by atoms with Crippen LogP contribution in [0.25, 0.3) is 0 Å². The molecular weight excluding hydrogens is 256 g/mol. The molecule has 19 heavy (non-hydrogen) atoms. The van der Waals surface area contributed by atoms with Crippen LogP contribution in [-0.2, 0) is 17.7 Å². The summed E-state index contributed by atoms with van der Waals surface area (Å²) in [6.45, 7) is 10.8. The Morgan fingerprint density at radius 3 is 2.58 bits per heavy atom. The molecule has 1 rings (SSSR count). The number of ether oxygens (including phenoxy) is 1. The predicted octanol–water partition coefficient (Wildman–Crippen LogP) is 3.94. The minimum absolute atomic E-state index is 0.166. The standard InChI is InChI=1S/C15H28N2OS/c1-6-8-13(18-5)15-17-12(7-2)14(19-15)10-16-9-11(3)4/h11,13,16H,6-10H2,1-5H3. The number of thiazole rings is 1. The maximum absolute atomic E-state index is 5.56. The summed E-state index contributed by atoms with van der Waals surface area (Å²) in [5, 5.41) is 4.65. The van der Waals surface area contributed by atoms with E-state index in [2.05, 4.69) is 33.0 Å². The molecule has 0 fully saturated rings. The number of rotatable bonds is 9. The molecule has 0 aliphatic heterocycles. The molecule has 0 saturated carbocycles. The van der Waals surface area contributed by atoms with Gasteiger partial charge >= 0.3 is 0 Å². The van der Waals surface area contributed by atoms with Gasteiger partial charge in [-0.1, -0.05) is 34.1 Å². The van der Waals surface area contributed by atoms with Gasteiger partial charge in [-0.3, -0.25) is 0 Å². The summed E-state index contributed by atoms with van der Waals surface area (Å²) < 4.78 is 5.56. The molecule has 0 aliphatic rings. The van der Waals surface area contributed by atoms with Gasteiger partial charge in [-0.2, -0.15) is 0 Å². The zero-order valence-corrected chi connectivity index (χ0v) is 13.8. The molecule has 110 valence electrons. The fraction of sp³-hybridized carbons (Fsp3) is 0.800. The van der Waals surface area contributed by atoms with Crippen molar-refractivity contribution in [2.75, 3.05) is 13.7 Å². The molecule has 4 heteroatoms. The maximum atomic E-state index is 5.56. The van der Waals surface area contributed by atoms with Crippen molar-refractivity contribution in [3.63, 3.8) is 0 Å². The van der Waals surface area contributed by atoms with Crippen molar-refractivity contribution >= 4 is 11.3 Å². The summed E-state index contributed by atoms with van der Waals surface area (Å²) in [6, 6.07) is 0. The minimum Gasteiger partial charge on any atom is -0.374 e. The van der Waals surface area contributed by atoms with Crippen molar-refractivity contribution in [3.8, 4) is 0 Å². The molecule has 0 aromatic carbocycles. The first-order valence-electron chi connectivity index (χ1n) is 7.34. The Morgan fingerprint density at radius 2 is 2.05 bits per heavy atom. The second kappa shape index (κ2) is 8.67. The van der Waals surface area contributed by atoms with E-state index < -0.39 is 0 Å². The molecule has 0 radical (unpaired) electrons. The van der Waals surface area contributed by atoms with Gasteiger partial charge in [-0.25, -0.2) is 4.98 Å². The number of nitrogens with zero attached hydrogens (tertiary/aromatic N) is 1. The smallest absolute Gasteiger partial charge is 0.122 e. The van der Waals surface area contributed by atoms with E-state index in [9.17, 15) is 0 Å². The minimum atomic E-state index is 0.166. The van der Waals surface area contributed by atoms with Crippen LogP contribution in [0.2, 0.25) is 0 Å². The van der Waals surface area contributed by atoms with Crippen LogP contribution in [0.3, 0.4) is 0 Å². The van der Waals surface area contributed by atoms with Gasteiger partial charge in [0, 0.05) is 18.5 Å². The molecule has 1 aromatic rings. The summed E-state index contributed by atoms with van der Waals surface area (Å²) in [7, 11) is 1.78. The molecule has 0 aliphatic carbocycles. The maximum Gasteiger partial charge on any atom is 0.122 e. The van der Waals surface area contributed by atoms with E-state index in [0.29, 0.717) is 5.92 Å². The third-order valence-corrected chi connectivity index (χ3v) is 4.27. The van der Waals surface area contributed by atoms with Crippen LogP contribution in [0.15, 0.2) is 0 Å². The zero-order valence-electron chi connectivity index (χ0n) is 13.0. The zero-order chi connectivity index (χ0) is 14.3. The fourth-order valence-electron chi connectivity index (χ4n) is 2.03. The SMILES string of the molecule is CCCC(OC)c1nc(CC)c(CNCC(C)C)s1. The fourth-order valence-corrected chi connectivity index (χ4v) is 3.27. The Balaban J connectivity index is 2.72. The average molecular weight is 284 g/mol. The number of hydrogen-bond donors (Lipinski definition) is 1. The highest BCUT2D eigenvalue weighted by molar-refractivity contribution is 7.11. The number of aromatic nitrogens is 1. The lowest BCUT2D eigenvalue weighted by Crippen LogP contribution is -2.18. The summed E-state index contributed by atoms with van der Waals surface area (Å²) >= 11 is 1.81. The predicted molar refractivity (Wildman–Crippen MR) is 82.7 cm³/mol. The highest BCUT2D eigenvalue weighted by atomic mass is 32.1. The van der Waals surface area contributed by atoms with Gasteiger partial charge in [-0.05, 0) is 25.3 Å². The highest BCUT2D eigenvalue weighted by Crippen LogP contribution is 2.29. The van der Waals surface area contributed by atoms with E-state index in [1.54, 1.807) is 7.11 Å². The molecular formula is C15H28N2OS. The Hall–Kier alpha value is -0.450. The topological polar surface area (TPSA) is 34.1 Å². The van der Waals surface area contributed by atoms with Crippen LogP contribution in [0.1, 0.15) is 62.2 Å². The van der Waals surface area contributed by atoms with Gasteiger partial charge in [0.25, 0.3) is 0 Å². The van der Waals surface area contributed by atoms with Gasteiger partial charge in [0.1, 0.15) is 11.1 Å². The number of nitrogens with one attached hydrogen (secondary N) is 1. The van der Waals surface area contributed by atoms with E-state index in [-0.39, 0.29) is 6.10 Å². The van der Waals surface area contributed by atoms with Gasteiger partial charge in [0.15, 0.2) is 0 Å². The summed E-state index contributed by atoms with van der Waals surface area (Å²) in [6.07, 6.45) is 3.34. The summed E-state index contributed by atoms with van der Waals surface area (Å²) in [4.78, 5) is 6.14. The summed E-state index contributed by atoms with van der Waals surface area (Å²) in [5.41, 5.74) is 1.23. The lowest BCUT2D eigenvalue weighted by Gasteiger charge is -2.10. The van der Waals surface area contributed by atoms with Crippen molar-refractivity contribution in [1.82, 2.24) is 10.3 Å². The highest BCUT2D eigenvalue weighted by Gasteiger charge is 2.17. The first-order chi connectivity index (χ1) is 9.12. The van der Waals surface area contributed by atoms with Crippen molar-refractivity contribution in [1.29, 1.82) is 0 Å². The number of hydrogen-bond acceptors (Lipinski definition) is 4. The first kappa shape index (κ1) is 16.6. The van der Waals surface area contributed by atoms with Gasteiger partial charge in [-0.15, -0.1) is 11.3 Å². The molecule has 1 aromatic heterocycles. The number of methoxy groups -OCH3 is 1. The van der Waals surface area contributed by atoms with Crippen LogP contribution >= 0.6 is 11.3 Å². The number of aryl methyl sites for hydroxylation is 1. The molecule has 0 spiro atoms. The molecule has 1 heterocycles. The Bertz CT molecular complexity index is 363. The quantitative estimate of drug-likeness (QED) is 0.746. The molecule has 0 saturated heterocycles. The van der Waals surface area contributed by atoms with Crippen molar-refractivity contribution < 1.29 is 4.74 Å². The van der Waals surface area contributed by atoms with Crippen molar-refractivity contribution in [2.24, 2.45) is 5.92 Å². The normalized spacial score (nSPS) is 13.2. The monoisotopic (exact) mass is 284 g/mol. The third-order valence-electron chi connectivity index (χ3n) is 3.08. The van der Waals surface area contributed by atoms with E-state index in [4.69, 9.17) is 9.72 Å². The second-order valence-electron chi connectivity index (χ2n) is 5.31. The Labute approximate surface area is 121 Å². The van der Waals surface area contributed by atoms with Crippen LogP contribution in [0.4, 0.5) is 0 Å². The van der Waals surface area contributed by atoms with Crippen LogP contribution in [0, 0.1) is 5.92 Å². The lowest BCUT2D eigenvalue weighted by atomic mass is 10.2. The van der Waals surface area contributed by atoms with Crippen LogP contribution in [0.5, 0.6) is 0 Å². The molecule has 1 unspecified atom stereocenters. The van der Waals surface area contributed by atoms with E-state index in [1.165, 1.54) is 10.6 Å². The van der Waals surface area contributed by atoms with Crippen molar-refractivity contribution in [3.05, 3.63) is 15.6 Å². The first-order valence-corrected chi connectivity index (χ1v) is 8.15. The van der Waals surface area contributed by atoms with E-state index in [1.807, 2.05) is 11.3 Å². The van der Waals surface area contributed by atoms with Crippen LogP contribution in [-0.4, -0.2) is 18.6 Å². The second-order valence-corrected chi connectivity index (χ2v) is 6.43. The average Bonchev–Trinajstić information content (AvgIpc) is 2.78. The lowest BCUT2D eigenvalue weighted by molar-refractivity contribution is 0.0946.